The van der Waals surface area contributed by atoms with Crippen LogP contribution in [0.3, 0.4) is 0 Å². The second-order valence-electron chi connectivity index (χ2n) is 10.5. The van der Waals surface area contributed by atoms with Crippen molar-refractivity contribution in [3.63, 3.8) is 0 Å². The van der Waals surface area contributed by atoms with E-state index in [0.29, 0.717) is 64.7 Å². The standard InChI is InChI=1S/C31H37N5O5S/c1-6-35(7-2)15-13-32-31(38)29-19(3)27(33-20(29)4)18-25-24-17-23(9-10-26(24)34-30(25)37)42(39,40)36-14-12-21-16-22(41-5)8-11-28(21)36/h8-11,16-18,33H,6-7,12-15H2,1-5H3,(H,32,38)(H,34,37). The Morgan fingerprint density at radius 2 is 1.90 bits per heavy atom. The van der Waals surface area contributed by atoms with Crippen molar-refractivity contribution >= 4 is 44.9 Å². The number of carbonyl (C=O) groups is 2. The van der Waals surface area contributed by atoms with Crippen LogP contribution in [0, 0.1) is 13.8 Å². The minimum atomic E-state index is -3.89. The number of hydrogen-bond donors (Lipinski definition) is 3. The summed E-state index contributed by atoms with van der Waals surface area (Å²) < 4.78 is 34.2. The third kappa shape index (κ3) is 5.30. The van der Waals surface area contributed by atoms with Gasteiger partial charge in [0.15, 0.2) is 0 Å². The third-order valence-electron chi connectivity index (χ3n) is 8.10. The first-order valence-electron chi connectivity index (χ1n) is 14.2. The number of nitrogens with one attached hydrogen (secondary N) is 3. The van der Waals surface area contributed by atoms with E-state index in [1.807, 2.05) is 19.9 Å². The molecule has 42 heavy (non-hydrogen) atoms. The average molecular weight is 592 g/mol. The van der Waals surface area contributed by atoms with Gasteiger partial charge < -0.3 is 25.3 Å². The molecule has 2 aliphatic rings. The Morgan fingerprint density at radius 1 is 1.14 bits per heavy atom. The molecule has 0 bridgehead atoms. The Bertz CT molecular complexity index is 1690. The zero-order chi connectivity index (χ0) is 30.2. The molecule has 0 unspecified atom stereocenters. The van der Waals surface area contributed by atoms with Gasteiger partial charge in [-0.25, -0.2) is 8.42 Å². The quantitative estimate of drug-likeness (QED) is 0.307. The summed E-state index contributed by atoms with van der Waals surface area (Å²) in [6.45, 7) is 11.3. The summed E-state index contributed by atoms with van der Waals surface area (Å²) in [5.74, 6) is 0.168. The van der Waals surface area contributed by atoms with E-state index in [1.165, 1.54) is 10.4 Å². The van der Waals surface area contributed by atoms with Crippen LogP contribution in [0.15, 0.2) is 41.3 Å². The van der Waals surface area contributed by atoms with Gasteiger partial charge >= 0.3 is 0 Å². The molecular formula is C31H37N5O5S. The SMILES string of the molecule is CCN(CC)CCNC(=O)c1c(C)[nH]c(C=C2C(=O)Nc3ccc(S(=O)(=O)N4CCc5cc(OC)ccc54)cc32)c1C. The molecule has 3 aromatic rings. The molecule has 11 heteroatoms. The highest BCUT2D eigenvalue weighted by atomic mass is 32.2. The highest BCUT2D eigenvalue weighted by Gasteiger charge is 2.33. The fourth-order valence-electron chi connectivity index (χ4n) is 5.68. The zero-order valence-electron chi connectivity index (χ0n) is 24.6. The van der Waals surface area contributed by atoms with Gasteiger partial charge in [0.1, 0.15) is 5.75 Å². The van der Waals surface area contributed by atoms with Crippen LogP contribution < -0.4 is 19.7 Å². The van der Waals surface area contributed by atoms with Crippen molar-refractivity contribution in [2.24, 2.45) is 0 Å². The smallest absolute Gasteiger partial charge is 0.264 e. The number of aromatic amines is 1. The molecule has 0 radical (unpaired) electrons. The van der Waals surface area contributed by atoms with Crippen molar-refractivity contribution < 1.29 is 22.7 Å². The van der Waals surface area contributed by atoms with Gasteiger partial charge in [0.2, 0.25) is 0 Å². The molecule has 5 rings (SSSR count). The van der Waals surface area contributed by atoms with E-state index in [1.54, 1.807) is 37.5 Å². The van der Waals surface area contributed by atoms with Gasteiger partial charge in [0.05, 0.1) is 28.8 Å². The summed E-state index contributed by atoms with van der Waals surface area (Å²) in [4.78, 5) is 31.6. The number of aromatic nitrogens is 1. The first-order chi connectivity index (χ1) is 20.1. The van der Waals surface area contributed by atoms with Gasteiger partial charge in [0.25, 0.3) is 21.8 Å². The van der Waals surface area contributed by atoms with Crippen molar-refractivity contribution in [2.45, 2.75) is 39.0 Å². The number of aryl methyl sites for hydroxylation is 1. The monoisotopic (exact) mass is 591 g/mol. The number of likely N-dealkylation sites (N-methyl/N-ethyl adjacent to an activating group) is 1. The number of H-pyrrole nitrogens is 1. The summed E-state index contributed by atoms with van der Waals surface area (Å²) in [5, 5.41) is 5.83. The van der Waals surface area contributed by atoms with E-state index in [-0.39, 0.29) is 16.7 Å². The second kappa shape index (κ2) is 11.7. The van der Waals surface area contributed by atoms with Crippen molar-refractivity contribution in [3.05, 3.63) is 70.0 Å². The molecule has 3 N–H and O–H groups in total. The van der Waals surface area contributed by atoms with Crippen molar-refractivity contribution in [3.8, 4) is 5.75 Å². The Kier molecular flexibility index (Phi) is 8.16. The van der Waals surface area contributed by atoms with E-state index in [2.05, 4.69) is 34.4 Å². The maximum absolute atomic E-state index is 13.8. The minimum absolute atomic E-state index is 0.0972. The number of amides is 2. The lowest BCUT2D eigenvalue weighted by molar-refractivity contribution is -0.110. The van der Waals surface area contributed by atoms with Crippen LogP contribution in [0.4, 0.5) is 11.4 Å². The van der Waals surface area contributed by atoms with E-state index in [9.17, 15) is 18.0 Å². The number of sulfonamides is 1. The number of nitrogens with zero attached hydrogens (tertiary/aromatic N) is 2. The Morgan fingerprint density at radius 3 is 2.62 bits per heavy atom. The van der Waals surface area contributed by atoms with Crippen molar-refractivity contribution in [1.29, 1.82) is 0 Å². The average Bonchev–Trinajstić information content (AvgIpc) is 3.63. The fraction of sp³-hybridized carbons (Fsp3) is 0.355. The van der Waals surface area contributed by atoms with Crippen molar-refractivity contribution in [1.82, 2.24) is 15.2 Å². The summed E-state index contributed by atoms with van der Waals surface area (Å²) in [6, 6.07) is 10.0. The molecular weight excluding hydrogens is 554 g/mol. The van der Waals surface area contributed by atoms with Crippen LogP contribution in [-0.4, -0.2) is 69.9 Å². The predicted octanol–water partition coefficient (Wildman–Crippen LogP) is 3.96. The lowest BCUT2D eigenvalue weighted by Gasteiger charge is -2.20. The van der Waals surface area contributed by atoms with Crippen LogP contribution in [0.1, 0.15) is 52.3 Å². The number of fused-ring (bicyclic) bond motifs is 2. The molecule has 2 aromatic carbocycles. The molecule has 0 atom stereocenters. The zero-order valence-corrected chi connectivity index (χ0v) is 25.4. The maximum atomic E-state index is 13.8. The van der Waals surface area contributed by atoms with Gasteiger partial charge in [-0.15, -0.1) is 0 Å². The minimum Gasteiger partial charge on any atom is -0.497 e. The highest BCUT2D eigenvalue weighted by molar-refractivity contribution is 7.92. The molecule has 1 aromatic heterocycles. The third-order valence-corrected chi connectivity index (χ3v) is 9.91. The molecule has 0 spiro atoms. The number of rotatable bonds is 10. The van der Waals surface area contributed by atoms with Crippen LogP contribution in [-0.2, 0) is 21.2 Å². The first-order valence-corrected chi connectivity index (χ1v) is 15.6. The lowest BCUT2D eigenvalue weighted by Crippen LogP contribution is -2.35. The molecule has 0 saturated heterocycles. The highest BCUT2D eigenvalue weighted by Crippen LogP contribution is 2.39. The number of carbonyl (C=O) groups excluding carboxylic acids is 2. The topological polar surface area (TPSA) is 124 Å². The molecule has 10 nitrogen and oxygen atoms in total. The van der Waals surface area contributed by atoms with Gasteiger partial charge in [-0.1, -0.05) is 13.8 Å². The summed E-state index contributed by atoms with van der Waals surface area (Å²) in [7, 11) is -2.31. The van der Waals surface area contributed by atoms with E-state index in [0.717, 1.165) is 30.8 Å². The van der Waals surface area contributed by atoms with Crippen molar-refractivity contribution in [2.75, 3.05) is 49.5 Å². The van der Waals surface area contributed by atoms with E-state index in [4.69, 9.17) is 4.74 Å². The first kappa shape index (κ1) is 29.4. The number of hydrogen-bond acceptors (Lipinski definition) is 6. The van der Waals surface area contributed by atoms with Gasteiger partial charge in [-0.3, -0.25) is 13.9 Å². The summed E-state index contributed by atoms with van der Waals surface area (Å²) in [6.07, 6.45) is 2.27. The second-order valence-corrected chi connectivity index (χ2v) is 12.4. The Balaban J connectivity index is 1.43. The van der Waals surface area contributed by atoms with Gasteiger partial charge in [-0.05, 0) is 87.0 Å². The molecule has 2 amide bonds. The fourth-order valence-corrected chi connectivity index (χ4v) is 7.21. The lowest BCUT2D eigenvalue weighted by atomic mass is 10.0. The molecule has 0 saturated carbocycles. The number of methoxy groups -OCH3 is 1. The van der Waals surface area contributed by atoms with Gasteiger partial charge in [0, 0.05) is 42.3 Å². The largest absolute Gasteiger partial charge is 0.497 e. The maximum Gasteiger partial charge on any atom is 0.264 e. The summed E-state index contributed by atoms with van der Waals surface area (Å²) in [5.41, 5.74) is 5.46. The van der Waals surface area contributed by atoms with Crippen LogP contribution in [0.5, 0.6) is 5.75 Å². The Labute approximate surface area is 246 Å². The van der Waals surface area contributed by atoms with E-state index >= 15 is 0 Å². The van der Waals surface area contributed by atoms with Crippen LogP contribution in [0.25, 0.3) is 11.6 Å². The molecule has 0 aliphatic carbocycles. The molecule has 0 fully saturated rings. The molecule has 3 heterocycles. The van der Waals surface area contributed by atoms with Gasteiger partial charge in [-0.2, -0.15) is 0 Å². The summed E-state index contributed by atoms with van der Waals surface area (Å²) >= 11 is 0. The number of anilines is 2. The van der Waals surface area contributed by atoms with E-state index < -0.39 is 10.0 Å². The Hall–Kier alpha value is -4.09. The van der Waals surface area contributed by atoms with Crippen LogP contribution in [0.2, 0.25) is 0 Å². The normalized spacial score (nSPS) is 15.2. The molecule has 2 aliphatic heterocycles. The van der Waals surface area contributed by atoms with Crippen LogP contribution >= 0.6 is 0 Å². The number of ether oxygens (including phenoxy) is 1. The number of benzene rings is 2. The predicted molar refractivity (Wildman–Crippen MR) is 165 cm³/mol. The molecule has 222 valence electrons.